The predicted octanol–water partition coefficient (Wildman–Crippen LogP) is 2.40. The largest absolute Gasteiger partial charge is 0.350 e. The highest BCUT2D eigenvalue weighted by Gasteiger charge is 2.11. The number of amides is 1. The van der Waals surface area contributed by atoms with E-state index in [2.05, 4.69) is 36.4 Å². The Hall–Kier alpha value is -1.85. The molecule has 2 aromatic rings. The number of aromatic nitrogens is 2. The molecule has 6 heteroatoms. The van der Waals surface area contributed by atoms with Crippen molar-refractivity contribution in [1.29, 1.82) is 0 Å². The summed E-state index contributed by atoms with van der Waals surface area (Å²) in [5, 5.41) is 6.80. The van der Waals surface area contributed by atoms with Gasteiger partial charge < -0.3 is 11.1 Å². The minimum absolute atomic E-state index is 0. The Morgan fingerprint density at radius 2 is 1.86 bits per heavy atom. The van der Waals surface area contributed by atoms with Crippen molar-refractivity contribution in [3.63, 3.8) is 0 Å². The van der Waals surface area contributed by atoms with Crippen LogP contribution in [0.5, 0.6) is 0 Å². The van der Waals surface area contributed by atoms with Crippen LogP contribution in [0, 0.1) is 0 Å². The molecule has 0 fully saturated rings. The molecule has 0 radical (unpaired) electrons. The molecule has 120 valence electrons. The zero-order valence-electron chi connectivity index (χ0n) is 13.1. The molecular weight excluding hydrogens is 300 g/mol. The normalized spacial score (nSPS) is 11.9. The van der Waals surface area contributed by atoms with Gasteiger partial charge in [0.2, 0.25) is 0 Å². The van der Waals surface area contributed by atoms with Crippen LogP contribution in [0.3, 0.4) is 0 Å². The Morgan fingerprint density at radius 3 is 2.36 bits per heavy atom. The third-order valence-corrected chi connectivity index (χ3v) is 3.48. The molecule has 0 aliphatic carbocycles. The number of nitrogens with zero attached hydrogens (tertiary/aromatic N) is 2. The van der Waals surface area contributed by atoms with Crippen LogP contribution in [0.25, 0.3) is 0 Å². The van der Waals surface area contributed by atoms with Crippen LogP contribution in [-0.2, 0) is 7.05 Å². The summed E-state index contributed by atoms with van der Waals surface area (Å²) in [6, 6.07) is 8.00. The molecule has 22 heavy (non-hydrogen) atoms. The Morgan fingerprint density at radius 1 is 1.27 bits per heavy atom. The number of nitrogens with one attached hydrogen (secondary N) is 1. The van der Waals surface area contributed by atoms with Crippen molar-refractivity contribution in [2.75, 3.05) is 6.54 Å². The Balaban J connectivity index is 0.00000242. The second kappa shape index (κ2) is 7.96. The number of rotatable bonds is 5. The van der Waals surface area contributed by atoms with Crippen LogP contribution in [-0.4, -0.2) is 22.2 Å². The van der Waals surface area contributed by atoms with Gasteiger partial charge in [0.1, 0.15) is 0 Å². The van der Waals surface area contributed by atoms with Crippen molar-refractivity contribution >= 4 is 18.3 Å². The lowest BCUT2D eigenvalue weighted by Gasteiger charge is -2.14. The lowest BCUT2D eigenvalue weighted by molar-refractivity contribution is 0.0951. The van der Waals surface area contributed by atoms with Crippen molar-refractivity contribution < 1.29 is 4.79 Å². The van der Waals surface area contributed by atoms with Crippen LogP contribution in [0.4, 0.5) is 0 Å². The maximum atomic E-state index is 11.9. The van der Waals surface area contributed by atoms with Gasteiger partial charge in [0.25, 0.3) is 5.91 Å². The number of hydrogen-bond acceptors (Lipinski definition) is 3. The molecule has 1 amide bonds. The number of carbonyl (C=O) groups excluding carboxylic acids is 1. The first-order valence-corrected chi connectivity index (χ1v) is 7.09. The summed E-state index contributed by atoms with van der Waals surface area (Å²) in [6.45, 7) is 4.71. The standard InChI is InChI=1S/C16H22N4O.ClH/c1-11(2)12-4-6-13(7-5-12)15(17)9-18-16(21)14-8-19-20(3)10-14;/h4-8,10-11,15H,9,17H2,1-3H3,(H,18,21);1H. The summed E-state index contributed by atoms with van der Waals surface area (Å²) in [6.07, 6.45) is 3.22. The summed E-state index contributed by atoms with van der Waals surface area (Å²) in [4.78, 5) is 11.9. The lowest BCUT2D eigenvalue weighted by atomic mass is 9.99. The van der Waals surface area contributed by atoms with Crippen molar-refractivity contribution in [1.82, 2.24) is 15.1 Å². The van der Waals surface area contributed by atoms with E-state index in [1.165, 1.54) is 11.8 Å². The van der Waals surface area contributed by atoms with Crippen LogP contribution >= 0.6 is 12.4 Å². The maximum Gasteiger partial charge on any atom is 0.254 e. The third kappa shape index (κ3) is 4.58. The summed E-state index contributed by atoms with van der Waals surface area (Å²) in [5.74, 6) is 0.345. The van der Waals surface area contributed by atoms with E-state index in [1.54, 1.807) is 17.9 Å². The monoisotopic (exact) mass is 322 g/mol. The molecule has 1 aromatic carbocycles. The first-order chi connectivity index (χ1) is 9.97. The van der Waals surface area contributed by atoms with E-state index < -0.39 is 0 Å². The van der Waals surface area contributed by atoms with E-state index in [0.717, 1.165) is 5.56 Å². The van der Waals surface area contributed by atoms with E-state index in [-0.39, 0.29) is 24.4 Å². The second-order valence-corrected chi connectivity index (χ2v) is 5.54. The van der Waals surface area contributed by atoms with Gasteiger partial charge in [-0.3, -0.25) is 9.48 Å². The zero-order chi connectivity index (χ0) is 15.4. The van der Waals surface area contributed by atoms with Gasteiger partial charge in [-0.2, -0.15) is 5.10 Å². The fourth-order valence-corrected chi connectivity index (χ4v) is 2.09. The molecule has 0 bridgehead atoms. The molecule has 0 saturated heterocycles. The number of benzene rings is 1. The van der Waals surface area contributed by atoms with Crippen LogP contribution in [0.2, 0.25) is 0 Å². The highest BCUT2D eigenvalue weighted by Crippen LogP contribution is 2.17. The van der Waals surface area contributed by atoms with Gasteiger partial charge in [0.15, 0.2) is 0 Å². The fourth-order valence-electron chi connectivity index (χ4n) is 2.09. The van der Waals surface area contributed by atoms with Gasteiger partial charge in [-0.1, -0.05) is 38.1 Å². The zero-order valence-corrected chi connectivity index (χ0v) is 13.9. The smallest absolute Gasteiger partial charge is 0.254 e. The van der Waals surface area contributed by atoms with Crippen LogP contribution in [0.15, 0.2) is 36.7 Å². The average Bonchev–Trinajstić information content (AvgIpc) is 2.91. The summed E-state index contributed by atoms with van der Waals surface area (Å²) >= 11 is 0. The summed E-state index contributed by atoms with van der Waals surface area (Å²) in [7, 11) is 1.78. The van der Waals surface area contributed by atoms with Gasteiger partial charge in [-0.05, 0) is 17.0 Å². The van der Waals surface area contributed by atoms with E-state index in [0.29, 0.717) is 18.0 Å². The number of nitrogens with two attached hydrogens (primary N) is 1. The number of aryl methyl sites for hydroxylation is 1. The van der Waals surface area contributed by atoms with Crippen LogP contribution in [0.1, 0.15) is 47.3 Å². The first-order valence-electron chi connectivity index (χ1n) is 7.09. The Bertz CT molecular complexity index is 607. The molecule has 1 aromatic heterocycles. The Labute approximate surface area is 137 Å². The van der Waals surface area contributed by atoms with E-state index in [9.17, 15) is 4.79 Å². The molecule has 1 atom stereocenters. The Kier molecular flexibility index (Phi) is 6.59. The molecule has 0 spiro atoms. The number of carbonyl (C=O) groups is 1. The molecule has 5 nitrogen and oxygen atoms in total. The summed E-state index contributed by atoms with van der Waals surface area (Å²) < 4.78 is 1.60. The van der Waals surface area contributed by atoms with E-state index >= 15 is 0 Å². The molecule has 1 unspecified atom stereocenters. The second-order valence-electron chi connectivity index (χ2n) is 5.54. The van der Waals surface area contributed by atoms with Crippen LogP contribution < -0.4 is 11.1 Å². The molecule has 1 heterocycles. The first kappa shape index (κ1) is 18.2. The highest BCUT2D eigenvalue weighted by atomic mass is 35.5. The summed E-state index contributed by atoms with van der Waals surface area (Å²) in [5.41, 5.74) is 8.96. The lowest BCUT2D eigenvalue weighted by Crippen LogP contribution is -2.31. The predicted molar refractivity (Wildman–Crippen MR) is 90.2 cm³/mol. The number of halogens is 1. The van der Waals surface area contributed by atoms with Crippen molar-refractivity contribution in [3.05, 3.63) is 53.3 Å². The minimum atomic E-state index is -0.216. The van der Waals surface area contributed by atoms with Crippen molar-refractivity contribution in [3.8, 4) is 0 Å². The molecular formula is C16H23ClN4O. The topological polar surface area (TPSA) is 72.9 Å². The van der Waals surface area contributed by atoms with Gasteiger partial charge in [0, 0.05) is 25.8 Å². The average molecular weight is 323 g/mol. The quantitative estimate of drug-likeness (QED) is 0.887. The maximum absolute atomic E-state index is 11.9. The SMILES string of the molecule is CC(C)c1ccc(C(N)CNC(=O)c2cnn(C)c2)cc1.Cl. The highest BCUT2D eigenvalue weighted by molar-refractivity contribution is 5.93. The molecule has 3 N–H and O–H groups in total. The van der Waals surface area contributed by atoms with Gasteiger partial charge in [-0.15, -0.1) is 12.4 Å². The minimum Gasteiger partial charge on any atom is -0.350 e. The number of hydrogen-bond donors (Lipinski definition) is 2. The van der Waals surface area contributed by atoms with Gasteiger partial charge in [-0.25, -0.2) is 0 Å². The molecule has 2 rings (SSSR count). The molecule has 0 aliphatic rings. The van der Waals surface area contributed by atoms with Crippen molar-refractivity contribution in [2.24, 2.45) is 12.8 Å². The van der Waals surface area contributed by atoms with Gasteiger partial charge in [0.05, 0.1) is 11.8 Å². The molecule has 0 aliphatic heterocycles. The van der Waals surface area contributed by atoms with E-state index in [1.807, 2.05) is 12.1 Å². The van der Waals surface area contributed by atoms with Gasteiger partial charge >= 0.3 is 0 Å². The molecule has 0 saturated carbocycles. The third-order valence-electron chi connectivity index (χ3n) is 3.48. The van der Waals surface area contributed by atoms with E-state index in [4.69, 9.17) is 5.73 Å². The van der Waals surface area contributed by atoms with Crippen molar-refractivity contribution in [2.45, 2.75) is 25.8 Å². The fraction of sp³-hybridized carbons (Fsp3) is 0.375.